The Hall–Kier alpha value is -2.61. The van der Waals surface area contributed by atoms with Gasteiger partial charge in [-0.3, -0.25) is 8.37 Å². The Morgan fingerprint density at radius 2 is 0.900 bits per heavy atom. The van der Waals surface area contributed by atoms with Gasteiger partial charge in [0.1, 0.15) is 0 Å². The molecule has 12 heteroatoms. The number of rotatable bonds is 10. The lowest BCUT2D eigenvalue weighted by molar-refractivity contribution is 0.0985. The molecule has 3 aromatic carbocycles. The Kier molecular flexibility index (Phi) is 9.18. The van der Waals surface area contributed by atoms with E-state index in [4.69, 9.17) is 8.37 Å². The van der Waals surface area contributed by atoms with Crippen molar-refractivity contribution in [3.05, 3.63) is 89.5 Å². The summed E-state index contributed by atoms with van der Waals surface area (Å²) >= 11 is 0. The molecule has 40 heavy (non-hydrogen) atoms. The van der Waals surface area contributed by atoms with Gasteiger partial charge in [0.05, 0.1) is 40.0 Å². The third-order valence-corrected chi connectivity index (χ3v) is 11.5. The topological polar surface area (TPSA) is 124 Å². The highest BCUT2D eigenvalue weighted by atomic mass is 32.2. The van der Waals surface area contributed by atoms with Crippen LogP contribution in [0, 0.1) is 20.8 Å². The Balaban J connectivity index is 1.62. The summed E-state index contributed by atoms with van der Waals surface area (Å²) in [4.78, 5) is -0.0605. The molecule has 0 aromatic heterocycles. The summed E-state index contributed by atoms with van der Waals surface area (Å²) in [5, 5.41) is 0. The number of benzene rings is 3. The molecule has 0 aliphatic carbocycles. The summed E-state index contributed by atoms with van der Waals surface area (Å²) in [7, 11) is -12.5. The SMILES string of the molecule is Cc1ccc(S(=O)(=O)OCC2CCCC(COS(=O)(=O)c3ccc(C)cc3)N2S(=O)(=O)c2ccc(C)cc2)cc1. The summed E-state index contributed by atoms with van der Waals surface area (Å²) < 4.78 is 91.2. The van der Waals surface area contributed by atoms with E-state index in [1.165, 1.54) is 36.4 Å². The molecule has 0 bridgehead atoms. The molecule has 9 nitrogen and oxygen atoms in total. The van der Waals surface area contributed by atoms with Gasteiger partial charge in [-0.05, 0) is 70.0 Å². The molecule has 1 heterocycles. The van der Waals surface area contributed by atoms with E-state index in [9.17, 15) is 25.3 Å². The van der Waals surface area contributed by atoms with Crippen LogP contribution in [0.5, 0.6) is 0 Å². The van der Waals surface area contributed by atoms with Gasteiger partial charge in [0.15, 0.2) is 0 Å². The summed E-state index contributed by atoms with van der Waals surface area (Å²) in [6.45, 7) is 4.63. The van der Waals surface area contributed by atoms with Gasteiger partial charge < -0.3 is 0 Å². The predicted octanol–water partition coefficient (Wildman–Crippen LogP) is 4.33. The van der Waals surface area contributed by atoms with Crippen LogP contribution in [0.1, 0.15) is 36.0 Å². The van der Waals surface area contributed by atoms with Crippen molar-refractivity contribution in [2.45, 2.75) is 66.8 Å². The van der Waals surface area contributed by atoms with Gasteiger partial charge in [-0.25, -0.2) is 8.42 Å². The summed E-state index contributed by atoms with van der Waals surface area (Å²) in [6, 6.07) is 16.8. The first kappa shape index (κ1) is 30.4. The average Bonchev–Trinajstić information content (AvgIpc) is 2.91. The molecule has 0 radical (unpaired) electrons. The molecular weight excluding hydrogens is 575 g/mol. The minimum Gasteiger partial charge on any atom is -0.265 e. The van der Waals surface area contributed by atoms with Crippen molar-refractivity contribution in [3.63, 3.8) is 0 Å². The lowest BCUT2D eigenvalue weighted by Gasteiger charge is -2.40. The molecular formula is C28H33NO8S3. The van der Waals surface area contributed by atoms with E-state index >= 15 is 0 Å². The van der Waals surface area contributed by atoms with Gasteiger partial charge in [-0.15, -0.1) is 0 Å². The number of hydrogen-bond donors (Lipinski definition) is 0. The van der Waals surface area contributed by atoms with Crippen molar-refractivity contribution in [3.8, 4) is 0 Å². The quantitative estimate of drug-likeness (QED) is 0.312. The fourth-order valence-electron chi connectivity index (χ4n) is 4.56. The van der Waals surface area contributed by atoms with E-state index < -0.39 is 55.6 Å². The lowest BCUT2D eigenvalue weighted by Crippen LogP contribution is -2.53. The highest BCUT2D eigenvalue weighted by molar-refractivity contribution is 7.89. The summed E-state index contributed by atoms with van der Waals surface area (Å²) in [6.07, 6.45) is 1.18. The second-order valence-corrected chi connectivity index (χ2v) is 15.1. The maximum atomic E-state index is 13.9. The van der Waals surface area contributed by atoms with Crippen molar-refractivity contribution < 1.29 is 33.6 Å². The van der Waals surface area contributed by atoms with Gasteiger partial charge in [0.25, 0.3) is 20.2 Å². The Morgan fingerprint density at radius 1 is 0.575 bits per heavy atom. The van der Waals surface area contributed by atoms with Crippen LogP contribution in [0.4, 0.5) is 0 Å². The normalized spacial score (nSPS) is 19.0. The zero-order valence-electron chi connectivity index (χ0n) is 22.6. The van der Waals surface area contributed by atoms with Crippen LogP contribution in [0.15, 0.2) is 87.5 Å². The minimum absolute atomic E-state index is 0.0118. The van der Waals surface area contributed by atoms with Crippen LogP contribution in [-0.4, -0.2) is 54.9 Å². The maximum Gasteiger partial charge on any atom is 0.297 e. The smallest absolute Gasteiger partial charge is 0.265 e. The first-order valence-electron chi connectivity index (χ1n) is 12.8. The summed E-state index contributed by atoms with van der Waals surface area (Å²) in [5.74, 6) is 0. The fraction of sp³-hybridized carbons (Fsp3) is 0.357. The molecule has 1 saturated heterocycles. The van der Waals surface area contributed by atoms with Gasteiger partial charge >= 0.3 is 0 Å². The summed E-state index contributed by atoms with van der Waals surface area (Å²) in [5.41, 5.74) is 2.63. The fourth-order valence-corrected chi connectivity index (χ4v) is 8.29. The zero-order chi connectivity index (χ0) is 29.1. The maximum absolute atomic E-state index is 13.9. The molecule has 0 amide bonds. The van der Waals surface area contributed by atoms with Crippen molar-refractivity contribution >= 4 is 30.3 Å². The van der Waals surface area contributed by atoms with Crippen LogP contribution in [-0.2, 0) is 38.6 Å². The van der Waals surface area contributed by atoms with Crippen molar-refractivity contribution in [1.82, 2.24) is 4.31 Å². The first-order chi connectivity index (χ1) is 18.8. The predicted molar refractivity (Wildman–Crippen MR) is 150 cm³/mol. The molecule has 0 N–H and O–H groups in total. The molecule has 1 aliphatic heterocycles. The third-order valence-electron chi connectivity index (χ3n) is 6.84. The molecule has 2 unspecified atom stereocenters. The Morgan fingerprint density at radius 3 is 1.25 bits per heavy atom. The minimum atomic E-state index is -4.17. The van der Waals surface area contributed by atoms with Gasteiger partial charge in [-0.1, -0.05) is 59.5 Å². The molecule has 216 valence electrons. The van der Waals surface area contributed by atoms with Crippen LogP contribution >= 0.6 is 0 Å². The van der Waals surface area contributed by atoms with E-state index in [-0.39, 0.29) is 14.7 Å². The van der Waals surface area contributed by atoms with E-state index in [0.717, 1.165) is 21.0 Å². The number of aryl methyl sites for hydroxylation is 3. The second kappa shape index (κ2) is 12.1. The van der Waals surface area contributed by atoms with E-state index in [0.29, 0.717) is 19.3 Å². The van der Waals surface area contributed by atoms with Gasteiger partial charge in [0, 0.05) is 0 Å². The number of piperidine rings is 1. The second-order valence-electron chi connectivity index (χ2n) is 9.99. The van der Waals surface area contributed by atoms with Crippen LogP contribution < -0.4 is 0 Å². The average molecular weight is 608 g/mol. The van der Waals surface area contributed by atoms with Crippen LogP contribution in [0.2, 0.25) is 0 Å². The molecule has 0 spiro atoms. The lowest BCUT2D eigenvalue weighted by atomic mass is 9.99. The number of hydrogen-bond acceptors (Lipinski definition) is 8. The molecule has 1 aliphatic rings. The van der Waals surface area contributed by atoms with E-state index in [1.807, 2.05) is 20.8 Å². The highest BCUT2D eigenvalue weighted by Crippen LogP contribution is 2.32. The number of sulfonamides is 1. The zero-order valence-corrected chi connectivity index (χ0v) is 25.0. The van der Waals surface area contributed by atoms with Crippen molar-refractivity contribution in [1.29, 1.82) is 0 Å². The molecule has 4 rings (SSSR count). The standard InChI is InChI=1S/C28H33NO8S3/c1-21-7-13-26(14-8-21)38(30,31)29-24(19-36-39(32,33)27-15-9-22(2)10-16-27)5-4-6-25(29)20-37-40(34,35)28-17-11-23(3)12-18-28/h7-18,24-25H,4-6,19-20H2,1-3H3. The highest BCUT2D eigenvalue weighted by Gasteiger charge is 2.41. The van der Waals surface area contributed by atoms with Crippen molar-refractivity contribution in [2.75, 3.05) is 13.2 Å². The Bertz CT molecular complexity index is 1550. The van der Waals surface area contributed by atoms with Gasteiger partial charge in [0.2, 0.25) is 10.0 Å². The molecule has 3 aromatic rings. The van der Waals surface area contributed by atoms with E-state index in [2.05, 4.69) is 0 Å². The molecule has 0 saturated carbocycles. The van der Waals surface area contributed by atoms with Crippen molar-refractivity contribution in [2.24, 2.45) is 0 Å². The number of nitrogens with zero attached hydrogens (tertiary/aromatic N) is 1. The third kappa shape index (κ3) is 6.99. The van der Waals surface area contributed by atoms with Crippen LogP contribution in [0.25, 0.3) is 0 Å². The van der Waals surface area contributed by atoms with Gasteiger partial charge in [-0.2, -0.15) is 21.1 Å². The largest absolute Gasteiger partial charge is 0.297 e. The Labute approximate surface area is 237 Å². The molecule has 1 fully saturated rings. The van der Waals surface area contributed by atoms with Crippen LogP contribution in [0.3, 0.4) is 0 Å². The molecule has 2 atom stereocenters. The first-order valence-corrected chi connectivity index (χ1v) is 17.1. The monoisotopic (exact) mass is 607 g/mol. The van der Waals surface area contributed by atoms with E-state index in [1.54, 1.807) is 36.4 Å².